The topological polar surface area (TPSA) is 46.5 Å². The highest BCUT2D eigenvalue weighted by Gasteiger charge is 2.27. The van der Waals surface area contributed by atoms with Gasteiger partial charge in [0.05, 0.1) is 13.0 Å². The number of methoxy groups -OCH3 is 1. The molecule has 0 aliphatic heterocycles. The minimum absolute atomic E-state index is 0.0129. The van der Waals surface area contributed by atoms with E-state index in [1.807, 2.05) is 24.3 Å². The van der Waals surface area contributed by atoms with Gasteiger partial charge < -0.3 is 9.84 Å². The van der Waals surface area contributed by atoms with Gasteiger partial charge in [-0.2, -0.15) is 0 Å². The van der Waals surface area contributed by atoms with Gasteiger partial charge in [0.1, 0.15) is 11.5 Å². The fourth-order valence-corrected chi connectivity index (χ4v) is 2.04. The van der Waals surface area contributed by atoms with E-state index in [-0.39, 0.29) is 11.5 Å². The highest BCUT2D eigenvalue weighted by Crippen LogP contribution is 2.27. The lowest BCUT2D eigenvalue weighted by atomic mass is 9.88. The molecule has 0 radical (unpaired) electrons. The second kappa shape index (κ2) is 5.04. The summed E-state index contributed by atoms with van der Waals surface area (Å²) in [5.74, 6) is 0.234. The molecule has 3 nitrogen and oxygen atoms in total. The standard InChI is InChI=1S/C14H16O3/c1-17-11-7-8-12(13(15)9-11)14(16)10-5-3-2-4-6-10/h3,5-7,9,12,15H,2,4,8H2,1H3. The third-order valence-electron chi connectivity index (χ3n) is 3.03. The van der Waals surface area contributed by atoms with Gasteiger partial charge in [-0.25, -0.2) is 0 Å². The summed E-state index contributed by atoms with van der Waals surface area (Å²) in [7, 11) is 1.55. The predicted molar refractivity (Wildman–Crippen MR) is 65.4 cm³/mol. The molecule has 0 aromatic carbocycles. The molecule has 0 amide bonds. The molecular formula is C14H16O3. The van der Waals surface area contributed by atoms with E-state index < -0.39 is 5.92 Å². The number of carbonyl (C=O) groups is 1. The third kappa shape index (κ3) is 2.49. The molecule has 90 valence electrons. The molecule has 1 unspecified atom stereocenters. The quantitative estimate of drug-likeness (QED) is 0.813. The molecule has 0 heterocycles. The molecule has 0 aromatic rings. The van der Waals surface area contributed by atoms with E-state index >= 15 is 0 Å². The van der Waals surface area contributed by atoms with Crippen molar-refractivity contribution in [1.29, 1.82) is 0 Å². The molecule has 17 heavy (non-hydrogen) atoms. The number of carbonyl (C=O) groups excluding carboxylic acids is 1. The zero-order valence-corrected chi connectivity index (χ0v) is 9.85. The summed E-state index contributed by atoms with van der Waals surface area (Å²) >= 11 is 0. The summed E-state index contributed by atoms with van der Waals surface area (Å²) in [5.41, 5.74) is 0.704. The van der Waals surface area contributed by atoms with Crippen LogP contribution in [0.2, 0.25) is 0 Å². The molecular weight excluding hydrogens is 216 g/mol. The first-order valence-corrected chi connectivity index (χ1v) is 5.78. The summed E-state index contributed by atoms with van der Waals surface area (Å²) < 4.78 is 5.02. The number of rotatable bonds is 3. The Labute approximate surface area is 101 Å². The monoisotopic (exact) mass is 232 g/mol. The van der Waals surface area contributed by atoms with E-state index in [2.05, 4.69) is 0 Å². The van der Waals surface area contributed by atoms with Gasteiger partial charge in [-0.05, 0) is 25.3 Å². The van der Waals surface area contributed by atoms with Crippen LogP contribution in [0.15, 0.2) is 47.5 Å². The molecule has 1 N–H and O–H groups in total. The minimum Gasteiger partial charge on any atom is -0.511 e. The Morgan fingerprint density at radius 1 is 1.41 bits per heavy atom. The van der Waals surface area contributed by atoms with Crippen LogP contribution >= 0.6 is 0 Å². The molecule has 0 fully saturated rings. The number of aliphatic hydroxyl groups is 1. The van der Waals surface area contributed by atoms with E-state index in [4.69, 9.17) is 4.74 Å². The second-order valence-corrected chi connectivity index (χ2v) is 4.17. The highest BCUT2D eigenvalue weighted by molar-refractivity contribution is 6.01. The molecule has 3 heteroatoms. The van der Waals surface area contributed by atoms with Crippen molar-refractivity contribution >= 4 is 5.78 Å². The minimum atomic E-state index is -0.456. The zero-order chi connectivity index (χ0) is 12.3. The average molecular weight is 232 g/mol. The molecule has 2 aliphatic rings. The molecule has 0 spiro atoms. The summed E-state index contributed by atoms with van der Waals surface area (Å²) in [4.78, 5) is 12.2. The van der Waals surface area contributed by atoms with Gasteiger partial charge in [0.15, 0.2) is 5.78 Å². The van der Waals surface area contributed by atoms with Crippen LogP contribution in [-0.4, -0.2) is 18.0 Å². The maximum absolute atomic E-state index is 12.2. The van der Waals surface area contributed by atoms with Gasteiger partial charge in [-0.3, -0.25) is 4.79 Å². The number of allylic oxidation sites excluding steroid dienone is 7. The predicted octanol–water partition coefficient (Wildman–Crippen LogP) is 2.82. The zero-order valence-electron chi connectivity index (χ0n) is 9.85. The second-order valence-electron chi connectivity index (χ2n) is 4.17. The van der Waals surface area contributed by atoms with E-state index in [1.165, 1.54) is 6.08 Å². The van der Waals surface area contributed by atoms with Crippen LogP contribution in [0.5, 0.6) is 0 Å². The van der Waals surface area contributed by atoms with Crippen LogP contribution in [0.25, 0.3) is 0 Å². The van der Waals surface area contributed by atoms with Crippen LogP contribution in [0.4, 0.5) is 0 Å². The van der Waals surface area contributed by atoms with E-state index in [1.54, 1.807) is 7.11 Å². The lowest BCUT2D eigenvalue weighted by molar-refractivity contribution is -0.118. The maximum Gasteiger partial charge on any atom is 0.173 e. The number of Topliss-reactive ketones (excluding diaryl/α,β-unsaturated/α-hetero) is 1. The Morgan fingerprint density at radius 2 is 2.24 bits per heavy atom. The van der Waals surface area contributed by atoms with Gasteiger partial charge >= 0.3 is 0 Å². The fourth-order valence-electron chi connectivity index (χ4n) is 2.04. The van der Waals surface area contributed by atoms with Crippen LogP contribution < -0.4 is 0 Å². The molecule has 0 aromatic heterocycles. The molecule has 0 saturated carbocycles. The van der Waals surface area contributed by atoms with Gasteiger partial charge in [-0.1, -0.05) is 18.2 Å². The van der Waals surface area contributed by atoms with Crippen molar-refractivity contribution < 1.29 is 14.6 Å². The first-order valence-electron chi connectivity index (χ1n) is 5.78. The largest absolute Gasteiger partial charge is 0.511 e. The first-order chi connectivity index (χ1) is 8.22. The Morgan fingerprint density at radius 3 is 2.82 bits per heavy atom. The Balaban J connectivity index is 2.13. The molecule has 1 atom stereocenters. The van der Waals surface area contributed by atoms with E-state index in [0.717, 1.165) is 12.8 Å². The van der Waals surface area contributed by atoms with Crippen molar-refractivity contribution in [3.8, 4) is 0 Å². The molecule has 2 aliphatic carbocycles. The van der Waals surface area contributed by atoms with Crippen molar-refractivity contribution in [2.45, 2.75) is 19.3 Å². The number of aliphatic hydroxyl groups excluding tert-OH is 1. The summed E-state index contributed by atoms with van der Waals surface area (Å²) in [6.07, 6.45) is 11.5. The fraction of sp³-hybridized carbons (Fsp3) is 0.357. The van der Waals surface area contributed by atoms with E-state index in [9.17, 15) is 9.90 Å². The number of hydrogen-bond donors (Lipinski definition) is 1. The number of hydrogen-bond acceptors (Lipinski definition) is 3. The van der Waals surface area contributed by atoms with Crippen molar-refractivity contribution in [1.82, 2.24) is 0 Å². The van der Waals surface area contributed by atoms with Crippen molar-refractivity contribution in [3.05, 3.63) is 47.5 Å². The van der Waals surface area contributed by atoms with Gasteiger partial charge in [0, 0.05) is 11.6 Å². The highest BCUT2D eigenvalue weighted by atomic mass is 16.5. The number of ketones is 1. The first kappa shape index (κ1) is 11.7. The summed E-state index contributed by atoms with van der Waals surface area (Å²) in [5, 5.41) is 9.84. The van der Waals surface area contributed by atoms with Gasteiger partial charge in [0.25, 0.3) is 0 Å². The summed E-state index contributed by atoms with van der Waals surface area (Å²) in [6, 6.07) is 0. The molecule has 0 bridgehead atoms. The maximum atomic E-state index is 12.2. The van der Waals surface area contributed by atoms with Crippen molar-refractivity contribution in [3.63, 3.8) is 0 Å². The lowest BCUT2D eigenvalue weighted by Crippen LogP contribution is -2.20. The molecule has 0 saturated heterocycles. The Hall–Kier alpha value is -1.77. The molecule has 2 rings (SSSR count). The summed E-state index contributed by atoms with van der Waals surface area (Å²) in [6.45, 7) is 0. The van der Waals surface area contributed by atoms with Crippen LogP contribution in [0.3, 0.4) is 0 Å². The van der Waals surface area contributed by atoms with Crippen LogP contribution in [-0.2, 0) is 9.53 Å². The Bertz CT molecular complexity index is 438. The van der Waals surface area contributed by atoms with Crippen molar-refractivity contribution in [2.24, 2.45) is 5.92 Å². The van der Waals surface area contributed by atoms with Crippen LogP contribution in [0, 0.1) is 5.92 Å². The smallest absolute Gasteiger partial charge is 0.173 e. The van der Waals surface area contributed by atoms with Gasteiger partial charge in [0.2, 0.25) is 0 Å². The van der Waals surface area contributed by atoms with Crippen molar-refractivity contribution in [2.75, 3.05) is 7.11 Å². The number of ether oxygens (including phenoxy) is 1. The van der Waals surface area contributed by atoms with Gasteiger partial charge in [-0.15, -0.1) is 0 Å². The van der Waals surface area contributed by atoms with Crippen LogP contribution in [0.1, 0.15) is 19.3 Å². The van der Waals surface area contributed by atoms with E-state index in [0.29, 0.717) is 17.8 Å². The lowest BCUT2D eigenvalue weighted by Gasteiger charge is -2.19. The SMILES string of the molecule is COC1=CCC(C(=O)C2=CCCC=C2)C(O)=C1. The Kier molecular flexibility index (Phi) is 3.47. The normalized spacial score (nSPS) is 23.6. The average Bonchev–Trinajstić information content (AvgIpc) is 2.39. The third-order valence-corrected chi connectivity index (χ3v) is 3.03.